The highest BCUT2D eigenvalue weighted by atomic mass is 79.9. The molecule has 0 saturated carbocycles. The Morgan fingerprint density at radius 2 is 1.78 bits per heavy atom. The standard InChI is InChI=1S/C14H9BrCl2O/c1-8-2-4-10(12(15)6-8)14(18)11-7-9(16)3-5-13(11)17/h2-7H,1H3. The van der Waals surface area contributed by atoms with Crippen molar-refractivity contribution in [3.8, 4) is 0 Å². The number of rotatable bonds is 2. The summed E-state index contributed by atoms with van der Waals surface area (Å²) in [6.45, 7) is 1.96. The first kappa shape index (κ1) is 13.6. The first-order valence-electron chi connectivity index (χ1n) is 5.25. The van der Waals surface area contributed by atoms with Crippen molar-refractivity contribution < 1.29 is 4.79 Å². The highest BCUT2D eigenvalue weighted by Crippen LogP contribution is 2.27. The quantitative estimate of drug-likeness (QED) is 0.676. The largest absolute Gasteiger partial charge is 0.289 e. The van der Waals surface area contributed by atoms with E-state index in [4.69, 9.17) is 23.2 Å². The van der Waals surface area contributed by atoms with Crippen LogP contribution in [-0.4, -0.2) is 5.78 Å². The number of carbonyl (C=O) groups is 1. The van der Waals surface area contributed by atoms with Crippen molar-refractivity contribution in [1.82, 2.24) is 0 Å². The van der Waals surface area contributed by atoms with Crippen LogP contribution in [0.1, 0.15) is 21.5 Å². The van der Waals surface area contributed by atoms with Gasteiger partial charge in [0.2, 0.25) is 0 Å². The van der Waals surface area contributed by atoms with Crippen LogP contribution in [0.5, 0.6) is 0 Å². The smallest absolute Gasteiger partial charge is 0.195 e. The molecule has 0 aliphatic heterocycles. The molecule has 0 bridgehead atoms. The van der Waals surface area contributed by atoms with Gasteiger partial charge in [-0.3, -0.25) is 4.79 Å². The zero-order valence-corrected chi connectivity index (χ0v) is 12.6. The Kier molecular flexibility index (Phi) is 4.10. The molecule has 0 aliphatic carbocycles. The number of benzene rings is 2. The van der Waals surface area contributed by atoms with Crippen LogP contribution in [0.25, 0.3) is 0 Å². The van der Waals surface area contributed by atoms with Gasteiger partial charge in [-0.25, -0.2) is 0 Å². The predicted octanol–water partition coefficient (Wildman–Crippen LogP) is 5.30. The topological polar surface area (TPSA) is 17.1 Å². The maximum atomic E-state index is 12.4. The summed E-state index contributed by atoms with van der Waals surface area (Å²) < 4.78 is 0.753. The molecule has 0 amide bonds. The van der Waals surface area contributed by atoms with Crippen molar-refractivity contribution in [3.63, 3.8) is 0 Å². The highest BCUT2D eigenvalue weighted by molar-refractivity contribution is 9.10. The van der Waals surface area contributed by atoms with Gasteiger partial charge in [0.05, 0.1) is 5.02 Å². The average molecular weight is 344 g/mol. The zero-order valence-electron chi connectivity index (χ0n) is 9.51. The predicted molar refractivity (Wildman–Crippen MR) is 78.8 cm³/mol. The molecule has 0 fully saturated rings. The summed E-state index contributed by atoms with van der Waals surface area (Å²) >= 11 is 15.3. The third kappa shape index (κ3) is 2.77. The lowest BCUT2D eigenvalue weighted by atomic mass is 10.0. The lowest BCUT2D eigenvalue weighted by molar-refractivity contribution is 0.103. The zero-order chi connectivity index (χ0) is 13.3. The van der Waals surface area contributed by atoms with Gasteiger partial charge >= 0.3 is 0 Å². The summed E-state index contributed by atoms with van der Waals surface area (Å²) in [4.78, 5) is 12.4. The van der Waals surface area contributed by atoms with Crippen molar-refractivity contribution in [2.24, 2.45) is 0 Å². The molecule has 1 nitrogen and oxygen atoms in total. The van der Waals surface area contributed by atoms with Gasteiger partial charge < -0.3 is 0 Å². The summed E-state index contributed by atoms with van der Waals surface area (Å²) in [7, 11) is 0. The second kappa shape index (κ2) is 5.43. The number of hydrogen-bond donors (Lipinski definition) is 0. The van der Waals surface area contributed by atoms with Crippen LogP contribution >= 0.6 is 39.1 Å². The van der Waals surface area contributed by atoms with E-state index in [-0.39, 0.29) is 5.78 Å². The second-order valence-electron chi connectivity index (χ2n) is 3.94. The van der Waals surface area contributed by atoms with Crippen molar-refractivity contribution in [3.05, 3.63) is 67.6 Å². The molecule has 0 aliphatic rings. The lowest BCUT2D eigenvalue weighted by Crippen LogP contribution is -2.03. The highest BCUT2D eigenvalue weighted by Gasteiger charge is 2.16. The molecule has 0 N–H and O–H groups in total. The fourth-order valence-electron chi connectivity index (χ4n) is 1.62. The number of hydrogen-bond acceptors (Lipinski definition) is 1. The Hall–Kier alpha value is -0.830. The molecule has 18 heavy (non-hydrogen) atoms. The molecule has 2 rings (SSSR count). The number of aryl methyl sites for hydroxylation is 1. The third-order valence-electron chi connectivity index (χ3n) is 2.54. The van der Waals surface area contributed by atoms with E-state index in [9.17, 15) is 4.79 Å². The summed E-state index contributed by atoms with van der Waals surface area (Å²) in [6.07, 6.45) is 0. The molecule has 0 heterocycles. The number of carbonyl (C=O) groups excluding carboxylic acids is 1. The Balaban J connectivity index is 2.51. The fraction of sp³-hybridized carbons (Fsp3) is 0.0714. The van der Waals surface area contributed by atoms with Crippen LogP contribution in [0, 0.1) is 6.92 Å². The molecule has 2 aromatic rings. The van der Waals surface area contributed by atoms with Crippen LogP contribution in [0.3, 0.4) is 0 Å². The maximum absolute atomic E-state index is 12.4. The van der Waals surface area contributed by atoms with Crippen molar-refractivity contribution in [2.75, 3.05) is 0 Å². The molecule has 0 aromatic heterocycles. The minimum absolute atomic E-state index is 0.144. The summed E-state index contributed by atoms with van der Waals surface area (Å²) in [5.74, 6) is -0.144. The van der Waals surface area contributed by atoms with E-state index >= 15 is 0 Å². The molecule has 0 atom stereocenters. The molecule has 0 saturated heterocycles. The summed E-state index contributed by atoms with van der Waals surface area (Å²) in [5.41, 5.74) is 2.06. The Morgan fingerprint density at radius 3 is 2.44 bits per heavy atom. The fourth-order valence-corrected chi connectivity index (χ4v) is 2.67. The van der Waals surface area contributed by atoms with E-state index in [1.165, 1.54) is 0 Å². The first-order valence-corrected chi connectivity index (χ1v) is 6.80. The second-order valence-corrected chi connectivity index (χ2v) is 5.63. The SMILES string of the molecule is Cc1ccc(C(=O)c2cc(Cl)ccc2Cl)c(Br)c1. The molecule has 92 valence electrons. The molecule has 0 radical (unpaired) electrons. The van der Waals surface area contributed by atoms with Crippen LogP contribution in [0.2, 0.25) is 10.0 Å². The monoisotopic (exact) mass is 342 g/mol. The third-order valence-corrected chi connectivity index (χ3v) is 3.76. The molecule has 0 spiro atoms. The van der Waals surface area contributed by atoms with E-state index in [1.807, 2.05) is 19.1 Å². The Morgan fingerprint density at radius 1 is 1.06 bits per heavy atom. The van der Waals surface area contributed by atoms with Gasteiger partial charge in [-0.1, -0.05) is 45.2 Å². The van der Waals surface area contributed by atoms with Gasteiger partial charge in [-0.2, -0.15) is 0 Å². The van der Waals surface area contributed by atoms with Crippen LogP contribution in [0.4, 0.5) is 0 Å². The van der Waals surface area contributed by atoms with E-state index in [1.54, 1.807) is 24.3 Å². The lowest BCUT2D eigenvalue weighted by Gasteiger charge is -2.07. The maximum Gasteiger partial charge on any atom is 0.195 e. The Labute approximate surface area is 124 Å². The summed E-state index contributed by atoms with van der Waals surface area (Å²) in [5, 5.41) is 0.892. The van der Waals surface area contributed by atoms with Crippen molar-refractivity contribution in [2.45, 2.75) is 6.92 Å². The first-order chi connectivity index (χ1) is 8.49. The van der Waals surface area contributed by atoms with Gasteiger partial charge in [-0.05, 0) is 42.8 Å². The van der Waals surface area contributed by atoms with E-state index in [2.05, 4.69) is 15.9 Å². The van der Waals surface area contributed by atoms with E-state index in [0.717, 1.165) is 10.0 Å². The average Bonchev–Trinajstić information content (AvgIpc) is 2.31. The number of halogens is 3. The van der Waals surface area contributed by atoms with Gasteiger partial charge in [-0.15, -0.1) is 0 Å². The molecular weight excluding hydrogens is 335 g/mol. The van der Waals surface area contributed by atoms with Crippen LogP contribution < -0.4 is 0 Å². The van der Waals surface area contributed by atoms with Gasteiger partial charge in [0, 0.05) is 20.6 Å². The van der Waals surface area contributed by atoms with Gasteiger partial charge in [0.25, 0.3) is 0 Å². The minimum Gasteiger partial charge on any atom is -0.289 e. The van der Waals surface area contributed by atoms with Gasteiger partial charge in [0.1, 0.15) is 0 Å². The van der Waals surface area contributed by atoms with Gasteiger partial charge in [0.15, 0.2) is 5.78 Å². The van der Waals surface area contributed by atoms with E-state index < -0.39 is 0 Å². The summed E-state index contributed by atoms with van der Waals surface area (Å²) in [6, 6.07) is 10.4. The number of ketones is 1. The van der Waals surface area contributed by atoms with Crippen molar-refractivity contribution in [1.29, 1.82) is 0 Å². The van der Waals surface area contributed by atoms with Crippen LogP contribution in [-0.2, 0) is 0 Å². The molecule has 4 heteroatoms. The normalized spacial score (nSPS) is 10.4. The molecule has 0 unspecified atom stereocenters. The minimum atomic E-state index is -0.144. The Bertz CT molecular complexity index is 623. The van der Waals surface area contributed by atoms with Crippen LogP contribution in [0.15, 0.2) is 40.9 Å². The molecule has 2 aromatic carbocycles. The molecular formula is C14H9BrCl2O. The van der Waals surface area contributed by atoms with Crippen molar-refractivity contribution >= 4 is 44.9 Å². The van der Waals surface area contributed by atoms with E-state index in [0.29, 0.717) is 21.2 Å².